The molecular weight excluding hydrogens is 400 g/mol. The van der Waals surface area contributed by atoms with Crippen molar-refractivity contribution in [2.75, 3.05) is 13.1 Å². The number of urea groups is 1. The number of benzene rings is 1. The van der Waals surface area contributed by atoms with Crippen molar-refractivity contribution < 1.29 is 23.1 Å². The summed E-state index contributed by atoms with van der Waals surface area (Å²) in [5, 5.41) is 7.97. The van der Waals surface area contributed by atoms with Crippen LogP contribution in [0.15, 0.2) is 28.7 Å². The van der Waals surface area contributed by atoms with Gasteiger partial charge < -0.3 is 9.64 Å². The van der Waals surface area contributed by atoms with Crippen LogP contribution in [0.1, 0.15) is 40.4 Å². The molecule has 1 saturated heterocycles. The fourth-order valence-electron chi connectivity index (χ4n) is 3.92. The summed E-state index contributed by atoms with van der Waals surface area (Å²) in [7, 11) is 0. The molecule has 2 amide bonds. The molecule has 5 rings (SSSR count). The molecule has 0 bridgehead atoms. The van der Waals surface area contributed by atoms with Crippen molar-refractivity contribution >= 4 is 29.4 Å². The molecule has 1 atom stereocenters. The zero-order valence-corrected chi connectivity index (χ0v) is 16.1. The molecular formula is C20H17F2N3O3S. The van der Waals surface area contributed by atoms with Gasteiger partial charge in [-0.05, 0) is 24.1 Å². The number of likely N-dealkylation sites (tertiary alicyclic amines) is 1. The second-order valence-corrected chi connectivity index (χ2v) is 8.21. The molecule has 6 nitrogen and oxygen atoms in total. The van der Waals surface area contributed by atoms with Crippen LogP contribution in [0, 0.1) is 11.6 Å². The lowest BCUT2D eigenvalue weighted by molar-refractivity contribution is 0.0293. The summed E-state index contributed by atoms with van der Waals surface area (Å²) in [6, 6.07) is 2.41. The number of thiophene rings is 1. The summed E-state index contributed by atoms with van der Waals surface area (Å²) >= 11 is 1.42. The molecule has 0 spiro atoms. The van der Waals surface area contributed by atoms with Gasteiger partial charge in [-0.3, -0.25) is 4.79 Å². The lowest BCUT2D eigenvalue weighted by Gasteiger charge is -2.40. The molecule has 0 radical (unpaired) electrons. The zero-order chi connectivity index (χ0) is 20.1. The number of carbonyl (C=O) groups is 2. The highest BCUT2D eigenvalue weighted by molar-refractivity contribution is 7.12. The van der Waals surface area contributed by atoms with E-state index in [1.165, 1.54) is 28.5 Å². The molecule has 3 heterocycles. The third-order valence-electron chi connectivity index (χ3n) is 5.45. The second kappa shape index (κ2) is 6.91. The van der Waals surface area contributed by atoms with Gasteiger partial charge in [0, 0.05) is 41.6 Å². The SMILES string of the molecule is O=C1CCc2c1csc2OC1CN(C(=O)N2N=CCC2c2cc(F)cc(F)c2)C1. The maximum atomic E-state index is 13.6. The van der Waals surface area contributed by atoms with Gasteiger partial charge in [-0.2, -0.15) is 5.10 Å². The number of rotatable bonds is 3. The number of amides is 2. The minimum atomic E-state index is -0.682. The van der Waals surface area contributed by atoms with Crippen LogP contribution in [-0.2, 0) is 6.42 Å². The lowest BCUT2D eigenvalue weighted by atomic mass is 10.0. The Balaban J connectivity index is 1.22. The van der Waals surface area contributed by atoms with Gasteiger partial charge in [0.2, 0.25) is 0 Å². The van der Waals surface area contributed by atoms with Crippen molar-refractivity contribution in [1.82, 2.24) is 9.91 Å². The third-order valence-corrected chi connectivity index (χ3v) is 6.36. The Hall–Kier alpha value is -2.81. The molecule has 2 aromatic rings. The normalized spacial score (nSPS) is 20.9. The van der Waals surface area contributed by atoms with E-state index in [1.54, 1.807) is 11.1 Å². The average Bonchev–Trinajstić information content (AvgIpc) is 3.35. The van der Waals surface area contributed by atoms with Crippen molar-refractivity contribution in [2.45, 2.75) is 31.4 Å². The predicted octanol–water partition coefficient (Wildman–Crippen LogP) is 3.77. The predicted molar refractivity (Wildman–Crippen MR) is 102 cm³/mol. The standard InChI is InChI=1S/C20H17F2N3O3S/c21-12-5-11(6-13(22)7-12)17-3-4-23-25(17)20(27)24-8-14(9-24)28-19-15-1-2-18(26)16(15)10-29-19/h4-7,10,14,17H,1-3,8-9H2. The van der Waals surface area contributed by atoms with Crippen LogP contribution in [0.3, 0.4) is 0 Å². The minimum absolute atomic E-state index is 0.144. The van der Waals surface area contributed by atoms with Crippen molar-refractivity contribution in [3.63, 3.8) is 0 Å². The third kappa shape index (κ3) is 3.19. The van der Waals surface area contributed by atoms with Crippen LogP contribution in [0.5, 0.6) is 5.06 Å². The van der Waals surface area contributed by atoms with Crippen LogP contribution < -0.4 is 4.74 Å². The Morgan fingerprint density at radius 1 is 1.17 bits per heavy atom. The molecule has 1 aromatic heterocycles. The average molecular weight is 417 g/mol. The van der Waals surface area contributed by atoms with Gasteiger partial charge in [0.05, 0.1) is 19.1 Å². The van der Waals surface area contributed by atoms with Crippen LogP contribution in [0.25, 0.3) is 0 Å². The van der Waals surface area contributed by atoms with Crippen molar-refractivity contribution in [3.05, 3.63) is 51.9 Å². The molecule has 3 aliphatic rings. The molecule has 2 aliphatic heterocycles. The number of fused-ring (bicyclic) bond motifs is 1. The van der Waals surface area contributed by atoms with E-state index in [1.807, 2.05) is 5.38 Å². The molecule has 1 fully saturated rings. The fraction of sp³-hybridized carbons (Fsp3) is 0.350. The molecule has 29 heavy (non-hydrogen) atoms. The molecule has 1 aromatic carbocycles. The molecule has 9 heteroatoms. The topological polar surface area (TPSA) is 62.2 Å². The van der Waals surface area contributed by atoms with E-state index in [0.717, 1.165) is 22.3 Å². The van der Waals surface area contributed by atoms with Crippen LogP contribution >= 0.6 is 11.3 Å². The highest BCUT2D eigenvalue weighted by Gasteiger charge is 2.39. The number of hydrazone groups is 1. The van der Waals surface area contributed by atoms with E-state index < -0.39 is 17.7 Å². The molecule has 1 aliphatic carbocycles. The van der Waals surface area contributed by atoms with Crippen molar-refractivity contribution in [2.24, 2.45) is 5.10 Å². The highest BCUT2D eigenvalue weighted by atomic mass is 32.1. The Bertz CT molecular complexity index is 1010. The number of ketones is 1. The maximum Gasteiger partial charge on any atom is 0.341 e. The van der Waals surface area contributed by atoms with E-state index in [2.05, 4.69) is 5.10 Å². The first-order valence-corrected chi connectivity index (χ1v) is 10.2. The highest BCUT2D eigenvalue weighted by Crippen LogP contribution is 2.38. The first-order valence-electron chi connectivity index (χ1n) is 9.36. The first kappa shape index (κ1) is 18.2. The molecule has 150 valence electrons. The lowest BCUT2D eigenvalue weighted by Crippen LogP contribution is -2.58. The quantitative estimate of drug-likeness (QED) is 0.764. The molecule has 1 unspecified atom stereocenters. The fourth-order valence-corrected chi connectivity index (χ4v) is 4.96. The van der Waals surface area contributed by atoms with Gasteiger partial charge in [-0.1, -0.05) is 0 Å². The van der Waals surface area contributed by atoms with Gasteiger partial charge in [-0.15, -0.1) is 11.3 Å². The summed E-state index contributed by atoms with van der Waals surface area (Å²) in [4.78, 5) is 26.2. The van der Waals surface area contributed by atoms with Crippen LogP contribution in [-0.4, -0.2) is 47.1 Å². The second-order valence-electron chi connectivity index (χ2n) is 7.36. The van der Waals surface area contributed by atoms with Gasteiger partial charge in [-0.25, -0.2) is 18.6 Å². The van der Waals surface area contributed by atoms with E-state index in [4.69, 9.17) is 4.74 Å². The Morgan fingerprint density at radius 3 is 2.69 bits per heavy atom. The van der Waals surface area contributed by atoms with Gasteiger partial charge >= 0.3 is 6.03 Å². The number of hydrogen-bond acceptors (Lipinski definition) is 5. The number of Topliss-reactive ketones (excluding diaryl/α,β-unsaturated/α-hetero) is 1. The van der Waals surface area contributed by atoms with Crippen LogP contribution in [0.4, 0.5) is 13.6 Å². The minimum Gasteiger partial charge on any atom is -0.477 e. The largest absolute Gasteiger partial charge is 0.477 e. The van der Waals surface area contributed by atoms with Crippen LogP contribution in [0.2, 0.25) is 0 Å². The summed E-state index contributed by atoms with van der Waals surface area (Å²) in [6.45, 7) is 0.797. The van der Waals surface area contributed by atoms with Crippen molar-refractivity contribution in [1.29, 1.82) is 0 Å². The number of halogens is 2. The Labute approximate surface area is 169 Å². The molecule has 0 saturated carbocycles. The Kier molecular flexibility index (Phi) is 4.34. The van der Waals surface area contributed by atoms with Gasteiger partial charge in [0.1, 0.15) is 17.7 Å². The van der Waals surface area contributed by atoms with E-state index in [0.29, 0.717) is 37.9 Å². The Morgan fingerprint density at radius 2 is 1.93 bits per heavy atom. The number of carbonyl (C=O) groups excluding carboxylic acids is 2. The first-order chi connectivity index (χ1) is 14.0. The summed E-state index contributed by atoms with van der Waals surface area (Å²) < 4.78 is 33.1. The van der Waals surface area contributed by atoms with E-state index in [-0.39, 0.29) is 17.9 Å². The van der Waals surface area contributed by atoms with E-state index in [9.17, 15) is 18.4 Å². The number of hydrogen-bond donors (Lipinski definition) is 0. The molecule has 0 N–H and O–H groups in total. The van der Waals surface area contributed by atoms with Gasteiger partial charge in [0.25, 0.3) is 0 Å². The smallest absolute Gasteiger partial charge is 0.341 e. The van der Waals surface area contributed by atoms with E-state index >= 15 is 0 Å². The summed E-state index contributed by atoms with van der Waals surface area (Å²) in [6.07, 6.45) is 3.06. The monoisotopic (exact) mass is 417 g/mol. The summed E-state index contributed by atoms with van der Waals surface area (Å²) in [5.41, 5.74) is 2.11. The number of ether oxygens (including phenoxy) is 1. The number of nitrogens with zero attached hydrogens (tertiary/aromatic N) is 3. The van der Waals surface area contributed by atoms with Crippen molar-refractivity contribution in [3.8, 4) is 5.06 Å². The van der Waals surface area contributed by atoms with Gasteiger partial charge in [0.15, 0.2) is 10.8 Å². The maximum absolute atomic E-state index is 13.6. The summed E-state index contributed by atoms with van der Waals surface area (Å²) in [5.74, 6) is -1.21. The zero-order valence-electron chi connectivity index (χ0n) is 15.3.